The van der Waals surface area contributed by atoms with Crippen molar-refractivity contribution in [3.05, 3.63) is 48.0 Å². The third-order valence-corrected chi connectivity index (χ3v) is 4.43. The van der Waals surface area contributed by atoms with E-state index < -0.39 is 0 Å². The normalized spacial score (nSPS) is 15.0. The van der Waals surface area contributed by atoms with Crippen LogP contribution in [0.2, 0.25) is 0 Å². The van der Waals surface area contributed by atoms with Crippen LogP contribution in [0, 0.1) is 0 Å². The third kappa shape index (κ3) is 4.65. The number of aromatic nitrogens is 3. The van der Waals surface area contributed by atoms with Crippen LogP contribution in [0.3, 0.4) is 0 Å². The van der Waals surface area contributed by atoms with Gasteiger partial charge in [0.25, 0.3) is 5.91 Å². The molecule has 0 spiro atoms. The summed E-state index contributed by atoms with van der Waals surface area (Å²) in [6, 6.07) is 5.34. The zero-order valence-electron chi connectivity index (χ0n) is 14.2. The molecule has 3 heterocycles. The van der Waals surface area contributed by atoms with Crippen LogP contribution in [-0.4, -0.2) is 63.0 Å². The van der Waals surface area contributed by atoms with Gasteiger partial charge in [-0.05, 0) is 37.0 Å². The van der Waals surface area contributed by atoms with Gasteiger partial charge in [0.05, 0.1) is 6.20 Å². The molecule has 2 aromatic rings. The molecule has 0 saturated carbocycles. The summed E-state index contributed by atoms with van der Waals surface area (Å²) in [5.41, 5.74) is 1.58. The summed E-state index contributed by atoms with van der Waals surface area (Å²) in [4.78, 5) is 32.7. The molecular formula is C18H23N5O2. The molecule has 2 aromatic heterocycles. The number of aromatic amines is 1. The van der Waals surface area contributed by atoms with Gasteiger partial charge in [-0.25, -0.2) is 0 Å². The second kappa shape index (κ2) is 8.41. The van der Waals surface area contributed by atoms with Gasteiger partial charge in [0.2, 0.25) is 5.91 Å². The Labute approximate surface area is 147 Å². The van der Waals surface area contributed by atoms with E-state index in [0.29, 0.717) is 38.3 Å². The SMILES string of the molecule is O=C(CCCc1cn[nH]c1)N1CCCN(C(=O)c2ccccn2)CC1. The minimum Gasteiger partial charge on any atom is -0.341 e. The Morgan fingerprint density at radius 2 is 1.96 bits per heavy atom. The zero-order valence-corrected chi connectivity index (χ0v) is 14.2. The molecule has 2 amide bonds. The van der Waals surface area contributed by atoms with Gasteiger partial charge in [0.15, 0.2) is 0 Å². The second-order valence-electron chi connectivity index (χ2n) is 6.20. The minimum absolute atomic E-state index is 0.0603. The van der Waals surface area contributed by atoms with Crippen LogP contribution < -0.4 is 0 Å². The first kappa shape index (κ1) is 17.1. The van der Waals surface area contributed by atoms with Gasteiger partial charge in [-0.3, -0.25) is 19.7 Å². The summed E-state index contributed by atoms with van der Waals surface area (Å²) in [5.74, 6) is 0.102. The van der Waals surface area contributed by atoms with Crippen molar-refractivity contribution in [2.45, 2.75) is 25.7 Å². The predicted molar refractivity (Wildman–Crippen MR) is 92.9 cm³/mol. The maximum atomic E-state index is 12.5. The van der Waals surface area contributed by atoms with Gasteiger partial charge in [-0.15, -0.1) is 0 Å². The summed E-state index contributed by atoms with van der Waals surface area (Å²) < 4.78 is 0. The number of pyridine rings is 1. The Kier molecular flexibility index (Phi) is 5.77. The number of amides is 2. The summed E-state index contributed by atoms with van der Waals surface area (Å²) >= 11 is 0. The van der Waals surface area contributed by atoms with Gasteiger partial charge in [0.1, 0.15) is 5.69 Å². The summed E-state index contributed by atoms with van der Waals surface area (Å²) in [5, 5.41) is 6.69. The number of aryl methyl sites for hydroxylation is 1. The van der Waals surface area contributed by atoms with Gasteiger partial charge in [-0.1, -0.05) is 6.07 Å². The number of H-pyrrole nitrogens is 1. The molecule has 1 aliphatic heterocycles. The van der Waals surface area contributed by atoms with Gasteiger partial charge >= 0.3 is 0 Å². The molecule has 0 unspecified atom stereocenters. The summed E-state index contributed by atoms with van der Waals surface area (Å²) in [6.45, 7) is 2.51. The van der Waals surface area contributed by atoms with Crippen molar-refractivity contribution in [1.29, 1.82) is 0 Å². The molecule has 1 saturated heterocycles. The number of rotatable bonds is 5. The highest BCUT2D eigenvalue weighted by atomic mass is 16.2. The van der Waals surface area contributed by atoms with Gasteiger partial charge < -0.3 is 9.80 Å². The topological polar surface area (TPSA) is 82.2 Å². The number of carbonyl (C=O) groups is 2. The van der Waals surface area contributed by atoms with E-state index in [1.165, 1.54) is 0 Å². The Morgan fingerprint density at radius 1 is 1.12 bits per heavy atom. The molecule has 0 aromatic carbocycles. The first-order valence-corrected chi connectivity index (χ1v) is 8.70. The minimum atomic E-state index is -0.0603. The third-order valence-electron chi connectivity index (χ3n) is 4.43. The average Bonchev–Trinajstić information content (AvgIpc) is 3.04. The van der Waals surface area contributed by atoms with E-state index >= 15 is 0 Å². The molecule has 1 fully saturated rings. The predicted octanol–water partition coefficient (Wildman–Crippen LogP) is 1.50. The van der Waals surface area contributed by atoms with E-state index in [9.17, 15) is 9.59 Å². The molecule has 0 aliphatic carbocycles. The van der Waals surface area contributed by atoms with E-state index in [1.54, 1.807) is 29.4 Å². The van der Waals surface area contributed by atoms with Crippen LogP contribution in [0.4, 0.5) is 0 Å². The lowest BCUT2D eigenvalue weighted by Gasteiger charge is -2.22. The molecule has 7 heteroatoms. The monoisotopic (exact) mass is 341 g/mol. The number of nitrogens with zero attached hydrogens (tertiary/aromatic N) is 4. The highest BCUT2D eigenvalue weighted by molar-refractivity contribution is 5.92. The fourth-order valence-electron chi connectivity index (χ4n) is 3.04. The fourth-order valence-corrected chi connectivity index (χ4v) is 3.04. The maximum absolute atomic E-state index is 12.5. The lowest BCUT2D eigenvalue weighted by molar-refractivity contribution is -0.131. The molecule has 7 nitrogen and oxygen atoms in total. The van der Waals surface area contributed by atoms with Crippen LogP contribution in [0.5, 0.6) is 0 Å². The van der Waals surface area contributed by atoms with E-state index in [0.717, 1.165) is 24.8 Å². The molecule has 0 radical (unpaired) electrons. The van der Waals surface area contributed by atoms with Crippen molar-refractivity contribution in [3.8, 4) is 0 Å². The first-order valence-electron chi connectivity index (χ1n) is 8.70. The zero-order chi connectivity index (χ0) is 17.5. The molecule has 1 aliphatic rings. The van der Waals surface area contributed by atoms with Gasteiger partial charge in [-0.2, -0.15) is 5.10 Å². The summed E-state index contributed by atoms with van der Waals surface area (Å²) in [7, 11) is 0. The number of hydrogen-bond acceptors (Lipinski definition) is 4. The van der Waals surface area contributed by atoms with Crippen molar-refractivity contribution in [2.75, 3.05) is 26.2 Å². The van der Waals surface area contributed by atoms with Crippen LogP contribution in [0.15, 0.2) is 36.8 Å². The van der Waals surface area contributed by atoms with Crippen LogP contribution in [0.25, 0.3) is 0 Å². The Bertz CT molecular complexity index is 687. The Hall–Kier alpha value is -2.70. The van der Waals surface area contributed by atoms with Crippen LogP contribution in [-0.2, 0) is 11.2 Å². The van der Waals surface area contributed by atoms with Crippen LogP contribution >= 0.6 is 0 Å². The summed E-state index contributed by atoms with van der Waals surface area (Å²) in [6.07, 6.45) is 8.26. The highest BCUT2D eigenvalue weighted by Gasteiger charge is 2.23. The lowest BCUT2D eigenvalue weighted by atomic mass is 10.1. The van der Waals surface area contributed by atoms with Crippen molar-refractivity contribution in [3.63, 3.8) is 0 Å². The molecular weight excluding hydrogens is 318 g/mol. The molecule has 3 rings (SSSR count). The quantitative estimate of drug-likeness (QED) is 0.893. The van der Waals surface area contributed by atoms with E-state index in [2.05, 4.69) is 15.2 Å². The largest absolute Gasteiger partial charge is 0.341 e. The van der Waals surface area contributed by atoms with Crippen molar-refractivity contribution in [1.82, 2.24) is 25.0 Å². The fraction of sp³-hybridized carbons (Fsp3) is 0.444. The lowest BCUT2D eigenvalue weighted by Crippen LogP contribution is -2.37. The van der Waals surface area contributed by atoms with E-state index in [1.807, 2.05) is 17.2 Å². The average molecular weight is 341 g/mol. The van der Waals surface area contributed by atoms with Crippen LogP contribution in [0.1, 0.15) is 35.3 Å². The smallest absolute Gasteiger partial charge is 0.272 e. The number of nitrogens with one attached hydrogen (secondary N) is 1. The molecule has 25 heavy (non-hydrogen) atoms. The van der Waals surface area contributed by atoms with Crippen molar-refractivity contribution < 1.29 is 9.59 Å². The van der Waals surface area contributed by atoms with E-state index in [-0.39, 0.29) is 11.8 Å². The Balaban J connectivity index is 1.47. The molecule has 132 valence electrons. The first-order chi connectivity index (χ1) is 12.2. The number of hydrogen-bond donors (Lipinski definition) is 1. The molecule has 0 bridgehead atoms. The standard InChI is InChI=1S/C18H23N5O2/c24-17(7-3-5-15-13-20-21-14-15)22-9-4-10-23(12-11-22)18(25)16-6-1-2-8-19-16/h1-2,6,8,13-14H,3-5,7,9-12H2,(H,20,21). The molecule has 1 N–H and O–H groups in total. The Morgan fingerprint density at radius 3 is 2.72 bits per heavy atom. The molecule has 0 atom stereocenters. The van der Waals surface area contributed by atoms with Gasteiger partial charge in [0, 0.05) is 45.0 Å². The second-order valence-corrected chi connectivity index (χ2v) is 6.20. The maximum Gasteiger partial charge on any atom is 0.272 e. The highest BCUT2D eigenvalue weighted by Crippen LogP contribution is 2.10. The number of carbonyl (C=O) groups excluding carboxylic acids is 2. The van der Waals surface area contributed by atoms with Crippen molar-refractivity contribution in [2.24, 2.45) is 0 Å². The van der Waals surface area contributed by atoms with E-state index in [4.69, 9.17) is 0 Å². The van der Waals surface area contributed by atoms with Crippen molar-refractivity contribution >= 4 is 11.8 Å².